The summed E-state index contributed by atoms with van der Waals surface area (Å²) in [6.45, 7) is 2.65. The van der Waals surface area contributed by atoms with Gasteiger partial charge in [0.2, 0.25) is 0 Å². The molecule has 1 heterocycles. The van der Waals surface area contributed by atoms with Gasteiger partial charge in [0.25, 0.3) is 5.91 Å². The monoisotopic (exact) mass is 343 g/mol. The lowest BCUT2D eigenvalue weighted by Gasteiger charge is -2.11. The zero-order valence-electron chi connectivity index (χ0n) is 13.6. The van der Waals surface area contributed by atoms with Gasteiger partial charge in [-0.15, -0.1) is 0 Å². The molecule has 1 aliphatic heterocycles. The lowest BCUT2D eigenvalue weighted by atomic mass is 10.0. The number of anilines is 1. The number of amides is 1. The van der Waals surface area contributed by atoms with Crippen molar-refractivity contribution in [3.8, 4) is 11.5 Å². The normalized spacial score (nSPS) is 14.5. The molecule has 24 heavy (non-hydrogen) atoms. The van der Waals surface area contributed by atoms with E-state index in [1.54, 1.807) is 25.3 Å². The summed E-state index contributed by atoms with van der Waals surface area (Å²) in [5, 5.41) is 3.44. The SMILES string of the molecule is CCCOc1cc(/C=C2/C(=O)Nc3ccc(Cl)cc32)ccc1OC. The molecule has 0 unspecified atom stereocenters. The van der Waals surface area contributed by atoms with Crippen LogP contribution in [0.5, 0.6) is 11.5 Å². The van der Waals surface area contributed by atoms with E-state index in [0.29, 0.717) is 28.7 Å². The molecule has 1 amide bonds. The molecule has 0 bridgehead atoms. The molecule has 0 fully saturated rings. The standard InChI is InChI=1S/C19H18ClNO3/c1-3-8-24-18-10-12(4-7-17(18)23-2)9-15-14-11-13(20)5-6-16(14)21-19(15)22/h4-7,9-11H,3,8H2,1-2H3,(H,21,22)/b15-9+. The first-order valence-corrected chi connectivity index (χ1v) is 8.14. The third-order valence-electron chi connectivity index (χ3n) is 3.72. The predicted octanol–water partition coefficient (Wildman–Crippen LogP) is 4.63. The van der Waals surface area contributed by atoms with Crippen LogP contribution in [0.1, 0.15) is 24.5 Å². The van der Waals surface area contributed by atoms with Crippen LogP contribution in [0.25, 0.3) is 11.6 Å². The van der Waals surface area contributed by atoms with Crippen molar-refractivity contribution in [2.24, 2.45) is 0 Å². The fraction of sp³-hybridized carbons (Fsp3) is 0.211. The maximum absolute atomic E-state index is 12.2. The average molecular weight is 344 g/mol. The molecular formula is C19H18ClNO3. The van der Waals surface area contributed by atoms with E-state index in [1.807, 2.05) is 31.2 Å². The molecule has 0 radical (unpaired) electrons. The Balaban J connectivity index is 2.00. The van der Waals surface area contributed by atoms with Gasteiger partial charge in [-0.05, 0) is 48.4 Å². The van der Waals surface area contributed by atoms with Gasteiger partial charge in [0.15, 0.2) is 11.5 Å². The van der Waals surface area contributed by atoms with Gasteiger partial charge in [-0.3, -0.25) is 4.79 Å². The summed E-state index contributed by atoms with van der Waals surface area (Å²) in [7, 11) is 1.61. The highest BCUT2D eigenvalue weighted by Gasteiger charge is 2.24. The molecule has 4 nitrogen and oxygen atoms in total. The number of carbonyl (C=O) groups is 1. The minimum atomic E-state index is -0.140. The minimum Gasteiger partial charge on any atom is -0.493 e. The number of carbonyl (C=O) groups excluding carboxylic acids is 1. The minimum absolute atomic E-state index is 0.140. The average Bonchev–Trinajstić information content (AvgIpc) is 2.88. The van der Waals surface area contributed by atoms with Gasteiger partial charge in [0.1, 0.15) is 0 Å². The molecule has 0 atom stereocenters. The number of nitrogens with one attached hydrogen (secondary N) is 1. The maximum atomic E-state index is 12.2. The largest absolute Gasteiger partial charge is 0.493 e. The van der Waals surface area contributed by atoms with Crippen LogP contribution < -0.4 is 14.8 Å². The van der Waals surface area contributed by atoms with E-state index in [0.717, 1.165) is 23.2 Å². The smallest absolute Gasteiger partial charge is 0.256 e. The summed E-state index contributed by atoms with van der Waals surface area (Å²) >= 11 is 6.06. The van der Waals surface area contributed by atoms with Crippen LogP contribution in [0.15, 0.2) is 36.4 Å². The van der Waals surface area contributed by atoms with Crippen LogP contribution in [0.3, 0.4) is 0 Å². The molecule has 2 aromatic rings. The van der Waals surface area contributed by atoms with Crippen molar-refractivity contribution in [2.45, 2.75) is 13.3 Å². The van der Waals surface area contributed by atoms with Crippen LogP contribution in [0.2, 0.25) is 5.02 Å². The van der Waals surface area contributed by atoms with Gasteiger partial charge in [-0.25, -0.2) is 0 Å². The summed E-state index contributed by atoms with van der Waals surface area (Å²) in [4.78, 5) is 12.2. The molecular weight excluding hydrogens is 326 g/mol. The third kappa shape index (κ3) is 3.24. The quantitative estimate of drug-likeness (QED) is 0.805. The zero-order valence-corrected chi connectivity index (χ0v) is 14.3. The van der Waals surface area contributed by atoms with Crippen LogP contribution in [-0.2, 0) is 4.79 Å². The first-order valence-electron chi connectivity index (χ1n) is 7.76. The molecule has 1 aliphatic rings. The fourth-order valence-electron chi connectivity index (χ4n) is 2.58. The van der Waals surface area contributed by atoms with E-state index >= 15 is 0 Å². The molecule has 5 heteroatoms. The topological polar surface area (TPSA) is 47.6 Å². The van der Waals surface area contributed by atoms with Crippen molar-refractivity contribution < 1.29 is 14.3 Å². The highest BCUT2D eigenvalue weighted by atomic mass is 35.5. The van der Waals surface area contributed by atoms with Crippen molar-refractivity contribution >= 4 is 34.8 Å². The van der Waals surface area contributed by atoms with Gasteiger partial charge in [0.05, 0.1) is 13.7 Å². The van der Waals surface area contributed by atoms with Crippen LogP contribution in [0.4, 0.5) is 5.69 Å². The Morgan fingerprint density at radius 3 is 2.75 bits per heavy atom. The van der Waals surface area contributed by atoms with Gasteiger partial charge >= 0.3 is 0 Å². The summed E-state index contributed by atoms with van der Waals surface area (Å²) in [6, 6.07) is 11.0. The van der Waals surface area contributed by atoms with Crippen LogP contribution in [0, 0.1) is 0 Å². The molecule has 124 valence electrons. The highest BCUT2D eigenvalue weighted by molar-refractivity contribution is 6.36. The predicted molar refractivity (Wildman–Crippen MR) is 96.7 cm³/mol. The number of rotatable bonds is 5. The number of hydrogen-bond donors (Lipinski definition) is 1. The van der Waals surface area contributed by atoms with Gasteiger partial charge in [-0.1, -0.05) is 24.6 Å². The van der Waals surface area contributed by atoms with Crippen LogP contribution >= 0.6 is 11.6 Å². The third-order valence-corrected chi connectivity index (χ3v) is 3.96. The number of halogens is 1. The Morgan fingerprint density at radius 1 is 1.17 bits per heavy atom. The van der Waals surface area contributed by atoms with Crippen LogP contribution in [-0.4, -0.2) is 19.6 Å². The Labute approximate surface area is 146 Å². The van der Waals surface area contributed by atoms with E-state index in [2.05, 4.69) is 5.32 Å². The number of methoxy groups -OCH3 is 1. The lowest BCUT2D eigenvalue weighted by molar-refractivity contribution is -0.110. The maximum Gasteiger partial charge on any atom is 0.256 e. The van der Waals surface area contributed by atoms with Crippen molar-refractivity contribution in [3.63, 3.8) is 0 Å². The lowest BCUT2D eigenvalue weighted by Crippen LogP contribution is -2.03. The zero-order chi connectivity index (χ0) is 17.1. The number of benzene rings is 2. The van der Waals surface area contributed by atoms with Crippen molar-refractivity contribution in [1.82, 2.24) is 0 Å². The second-order valence-corrected chi connectivity index (χ2v) is 5.90. The first-order chi connectivity index (χ1) is 11.6. The van der Waals surface area contributed by atoms with E-state index < -0.39 is 0 Å². The highest BCUT2D eigenvalue weighted by Crippen LogP contribution is 2.36. The Morgan fingerprint density at radius 2 is 2.00 bits per heavy atom. The molecule has 1 N–H and O–H groups in total. The molecule has 2 aromatic carbocycles. The van der Waals surface area contributed by atoms with Crippen molar-refractivity contribution in [2.75, 3.05) is 19.0 Å². The second kappa shape index (κ2) is 6.97. The fourth-order valence-corrected chi connectivity index (χ4v) is 2.75. The first kappa shape index (κ1) is 16.4. The Bertz CT molecular complexity index is 814. The number of fused-ring (bicyclic) bond motifs is 1. The number of hydrogen-bond acceptors (Lipinski definition) is 3. The van der Waals surface area contributed by atoms with E-state index in [4.69, 9.17) is 21.1 Å². The van der Waals surface area contributed by atoms with Gasteiger partial charge in [0, 0.05) is 21.8 Å². The number of ether oxygens (including phenoxy) is 2. The molecule has 0 saturated heterocycles. The Kier molecular flexibility index (Phi) is 4.76. The summed E-state index contributed by atoms with van der Waals surface area (Å²) in [6.07, 6.45) is 2.73. The van der Waals surface area contributed by atoms with Crippen molar-refractivity contribution in [3.05, 3.63) is 52.5 Å². The molecule has 0 spiro atoms. The summed E-state index contributed by atoms with van der Waals surface area (Å²) < 4.78 is 11.0. The van der Waals surface area contributed by atoms with Crippen molar-refractivity contribution in [1.29, 1.82) is 0 Å². The van der Waals surface area contributed by atoms with E-state index in [9.17, 15) is 4.79 Å². The van der Waals surface area contributed by atoms with E-state index in [1.165, 1.54) is 0 Å². The summed E-state index contributed by atoms with van der Waals surface area (Å²) in [5.41, 5.74) is 3.02. The second-order valence-electron chi connectivity index (χ2n) is 5.46. The molecule has 0 saturated carbocycles. The summed E-state index contributed by atoms with van der Waals surface area (Å²) in [5.74, 6) is 1.20. The van der Waals surface area contributed by atoms with Gasteiger partial charge < -0.3 is 14.8 Å². The van der Waals surface area contributed by atoms with E-state index in [-0.39, 0.29) is 5.91 Å². The molecule has 0 aliphatic carbocycles. The van der Waals surface area contributed by atoms with Gasteiger partial charge in [-0.2, -0.15) is 0 Å². The molecule has 3 rings (SSSR count). The molecule has 0 aromatic heterocycles. The Hall–Kier alpha value is -2.46.